The topological polar surface area (TPSA) is 73.8 Å². The van der Waals surface area contributed by atoms with Crippen molar-refractivity contribution >= 4 is 17.0 Å². The maximum atomic E-state index is 9.90. The molecule has 21 heavy (non-hydrogen) atoms. The first-order valence-electron chi connectivity index (χ1n) is 6.50. The van der Waals surface area contributed by atoms with Crippen LogP contribution in [0.2, 0.25) is 0 Å². The van der Waals surface area contributed by atoms with Crippen LogP contribution in [0.4, 0.5) is 0 Å². The summed E-state index contributed by atoms with van der Waals surface area (Å²) in [6.45, 7) is 1.94. The number of hydrogen-bond donors (Lipinski definition) is 3. The maximum Gasteiger partial charge on any atom is 0.142 e. The zero-order chi connectivity index (χ0) is 15.0. The Morgan fingerprint density at radius 1 is 0.952 bits per heavy atom. The van der Waals surface area contributed by atoms with Gasteiger partial charge in [-0.25, -0.2) is 0 Å². The van der Waals surface area contributed by atoms with Gasteiger partial charge in [0.2, 0.25) is 0 Å². The van der Waals surface area contributed by atoms with Crippen molar-refractivity contribution in [1.29, 1.82) is 0 Å². The van der Waals surface area contributed by atoms with Gasteiger partial charge in [-0.15, -0.1) is 0 Å². The summed E-state index contributed by atoms with van der Waals surface area (Å²) < 4.78 is 5.66. The Labute approximate surface area is 121 Å². The van der Waals surface area contributed by atoms with Crippen LogP contribution in [0, 0.1) is 0 Å². The molecule has 4 heteroatoms. The number of benzene rings is 2. The molecule has 3 rings (SSSR count). The van der Waals surface area contributed by atoms with Crippen LogP contribution >= 0.6 is 0 Å². The molecule has 0 aliphatic carbocycles. The highest BCUT2D eigenvalue weighted by atomic mass is 16.3. The van der Waals surface area contributed by atoms with Crippen molar-refractivity contribution in [3.8, 4) is 28.6 Å². The predicted molar refractivity (Wildman–Crippen MR) is 81.4 cm³/mol. The summed E-state index contributed by atoms with van der Waals surface area (Å²) in [6.07, 6.45) is 3.92. The van der Waals surface area contributed by atoms with E-state index >= 15 is 0 Å². The van der Waals surface area contributed by atoms with Crippen molar-refractivity contribution in [2.45, 2.75) is 6.92 Å². The van der Waals surface area contributed by atoms with Gasteiger partial charge in [-0.2, -0.15) is 0 Å². The quantitative estimate of drug-likeness (QED) is 0.657. The fraction of sp³-hybridized carbons (Fsp3) is 0.0588. The highest BCUT2D eigenvalue weighted by Crippen LogP contribution is 2.42. The summed E-state index contributed by atoms with van der Waals surface area (Å²) in [4.78, 5) is 0. The van der Waals surface area contributed by atoms with Gasteiger partial charge in [0.05, 0.1) is 0 Å². The van der Waals surface area contributed by atoms with Gasteiger partial charge in [0.25, 0.3) is 0 Å². The van der Waals surface area contributed by atoms with E-state index < -0.39 is 0 Å². The van der Waals surface area contributed by atoms with E-state index in [1.165, 1.54) is 0 Å². The Hall–Kier alpha value is -2.88. The number of phenolic OH excluding ortho intramolecular Hbond substituents is 3. The monoisotopic (exact) mass is 282 g/mol. The number of aromatic hydroxyl groups is 3. The van der Waals surface area contributed by atoms with Gasteiger partial charge < -0.3 is 19.7 Å². The Kier molecular flexibility index (Phi) is 3.06. The highest BCUT2D eigenvalue weighted by molar-refractivity contribution is 5.87. The molecule has 0 spiro atoms. The second-order valence-corrected chi connectivity index (χ2v) is 4.77. The molecule has 0 atom stereocenters. The van der Waals surface area contributed by atoms with Gasteiger partial charge in [0.15, 0.2) is 0 Å². The third-order valence-electron chi connectivity index (χ3n) is 3.23. The van der Waals surface area contributed by atoms with Crippen molar-refractivity contribution < 1.29 is 19.7 Å². The molecular weight excluding hydrogens is 268 g/mol. The standard InChI is InChI=1S/C17H14O4/c1-2-3-10-4-5-15-11(6-10)7-16(21-15)17-13(19)8-12(18)9-14(17)20/h2-9,18-20H,1H3. The zero-order valence-corrected chi connectivity index (χ0v) is 11.4. The highest BCUT2D eigenvalue weighted by Gasteiger charge is 2.16. The van der Waals surface area contributed by atoms with Crippen LogP contribution in [-0.2, 0) is 0 Å². The molecular formula is C17H14O4. The summed E-state index contributed by atoms with van der Waals surface area (Å²) >= 11 is 0. The molecule has 0 aliphatic heterocycles. The van der Waals surface area contributed by atoms with E-state index in [1.54, 1.807) is 6.07 Å². The lowest BCUT2D eigenvalue weighted by Crippen LogP contribution is -1.78. The zero-order valence-electron chi connectivity index (χ0n) is 11.4. The minimum absolute atomic E-state index is 0.164. The second kappa shape index (κ2) is 4.90. The van der Waals surface area contributed by atoms with Gasteiger partial charge in [-0.05, 0) is 30.7 Å². The van der Waals surface area contributed by atoms with Crippen LogP contribution in [0.5, 0.6) is 17.2 Å². The van der Waals surface area contributed by atoms with Gasteiger partial charge in [0.1, 0.15) is 34.2 Å². The van der Waals surface area contributed by atoms with E-state index in [9.17, 15) is 15.3 Å². The van der Waals surface area contributed by atoms with Gasteiger partial charge in [0, 0.05) is 17.5 Å². The van der Waals surface area contributed by atoms with Crippen LogP contribution < -0.4 is 0 Å². The molecule has 0 saturated heterocycles. The van der Waals surface area contributed by atoms with E-state index in [-0.39, 0.29) is 22.8 Å². The molecule has 4 nitrogen and oxygen atoms in total. The third-order valence-corrected chi connectivity index (χ3v) is 3.23. The van der Waals surface area contributed by atoms with Crippen molar-refractivity contribution in [2.75, 3.05) is 0 Å². The molecule has 0 saturated carbocycles. The molecule has 0 radical (unpaired) electrons. The van der Waals surface area contributed by atoms with Crippen LogP contribution in [0.3, 0.4) is 0 Å². The average molecular weight is 282 g/mol. The van der Waals surface area contributed by atoms with Crippen LogP contribution in [0.25, 0.3) is 28.4 Å². The van der Waals surface area contributed by atoms with Gasteiger partial charge in [-0.3, -0.25) is 0 Å². The largest absolute Gasteiger partial charge is 0.508 e. The van der Waals surface area contributed by atoms with E-state index in [1.807, 2.05) is 37.3 Å². The molecule has 106 valence electrons. The van der Waals surface area contributed by atoms with E-state index in [2.05, 4.69) is 0 Å². The fourth-order valence-electron chi connectivity index (χ4n) is 2.33. The van der Waals surface area contributed by atoms with Crippen molar-refractivity contribution in [1.82, 2.24) is 0 Å². The van der Waals surface area contributed by atoms with Crippen LogP contribution in [0.1, 0.15) is 12.5 Å². The molecule has 0 fully saturated rings. The van der Waals surface area contributed by atoms with Crippen LogP contribution in [0.15, 0.2) is 46.9 Å². The lowest BCUT2D eigenvalue weighted by Gasteiger charge is -2.04. The molecule has 1 heterocycles. The molecule has 0 amide bonds. The number of rotatable bonds is 2. The van der Waals surface area contributed by atoms with Crippen molar-refractivity contribution in [3.63, 3.8) is 0 Å². The maximum absolute atomic E-state index is 9.90. The Morgan fingerprint density at radius 2 is 1.67 bits per heavy atom. The number of phenols is 3. The van der Waals surface area contributed by atoms with E-state index in [0.717, 1.165) is 23.1 Å². The molecule has 0 aliphatic rings. The minimum Gasteiger partial charge on any atom is -0.508 e. The first-order valence-corrected chi connectivity index (χ1v) is 6.50. The molecule has 3 aromatic rings. The van der Waals surface area contributed by atoms with E-state index in [4.69, 9.17) is 4.42 Å². The number of fused-ring (bicyclic) bond motifs is 1. The normalized spacial score (nSPS) is 11.5. The number of allylic oxidation sites excluding steroid dienone is 1. The predicted octanol–water partition coefficient (Wildman–Crippen LogP) is 4.25. The Morgan fingerprint density at radius 3 is 2.33 bits per heavy atom. The summed E-state index contributed by atoms with van der Waals surface area (Å²) in [6, 6.07) is 9.78. The molecule has 1 aromatic heterocycles. The lowest BCUT2D eigenvalue weighted by atomic mass is 10.1. The Balaban J connectivity index is 2.18. The second-order valence-electron chi connectivity index (χ2n) is 4.77. The lowest BCUT2D eigenvalue weighted by molar-refractivity contribution is 0.428. The average Bonchev–Trinajstić information content (AvgIpc) is 2.80. The van der Waals surface area contributed by atoms with Crippen molar-refractivity contribution in [2.24, 2.45) is 0 Å². The minimum atomic E-state index is -0.236. The fourth-order valence-corrected chi connectivity index (χ4v) is 2.33. The van der Waals surface area contributed by atoms with E-state index in [0.29, 0.717) is 11.3 Å². The first-order chi connectivity index (χ1) is 10.1. The molecule has 0 unspecified atom stereocenters. The molecule has 2 aromatic carbocycles. The third kappa shape index (κ3) is 2.31. The SMILES string of the molecule is CC=Cc1ccc2oc(-c3c(O)cc(O)cc3O)cc2c1. The molecule has 3 N–H and O–H groups in total. The summed E-state index contributed by atoms with van der Waals surface area (Å²) in [5.41, 5.74) is 1.86. The van der Waals surface area contributed by atoms with Crippen LogP contribution in [-0.4, -0.2) is 15.3 Å². The summed E-state index contributed by atoms with van der Waals surface area (Å²) in [7, 11) is 0. The van der Waals surface area contributed by atoms with Crippen molar-refractivity contribution in [3.05, 3.63) is 48.0 Å². The first kappa shape index (κ1) is 13.1. The number of furan rings is 1. The molecule has 0 bridgehead atoms. The van der Waals surface area contributed by atoms with Gasteiger partial charge in [-0.1, -0.05) is 18.2 Å². The Bertz CT molecular complexity index is 820. The summed E-state index contributed by atoms with van der Waals surface area (Å²) in [5.74, 6) is -0.335. The van der Waals surface area contributed by atoms with Gasteiger partial charge >= 0.3 is 0 Å². The number of hydrogen-bond acceptors (Lipinski definition) is 4. The summed E-state index contributed by atoms with van der Waals surface area (Å²) in [5, 5.41) is 30.0. The smallest absolute Gasteiger partial charge is 0.142 e.